The second-order valence-corrected chi connectivity index (χ2v) is 6.80. The fraction of sp³-hybridized carbons (Fsp3) is 1.00. The monoisotopic (exact) mass is 232 g/mol. The van der Waals surface area contributed by atoms with Gasteiger partial charge in [-0.3, -0.25) is 0 Å². The lowest BCUT2D eigenvalue weighted by atomic mass is 10.00. The van der Waals surface area contributed by atoms with E-state index in [0.29, 0.717) is 0 Å². The molecule has 0 amide bonds. The molecule has 0 radical (unpaired) electrons. The highest BCUT2D eigenvalue weighted by molar-refractivity contribution is 8.03. The van der Waals surface area contributed by atoms with E-state index in [1.165, 1.54) is 50.0 Å². The molecule has 2 unspecified atom stereocenters. The fourth-order valence-electron chi connectivity index (χ4n) is 1.98. The van der Waals surface area contributed by atoms with Crippen molar-refractivity contribution in [2.45, 2.75) is 62.9 Å². The predicted octanol–water partition coefficient (Wildman–Crippen LogP) is 4.58. The lowest BCUT2D eigenvalue weighted by Crippen LogP contribution is -2.25. The van der Waals surface area contributed by atoms with Crippen LogP contribution < -0.4 is 0 Å². The Kier molecular flexibility index (Phi) is 7.23. The molecule has 1 aliphatic carbocycles. The fourth-order valence-corrected chi connectivity index (χ4v) is 4.90. The van der Waals surface area contributed by atoms with Gasteiger partial charge in [-0.1, -0.05) is 26.7 Å². The summed E-state index contributed by atoms with van der Waals surface area (Å²) in [5, 5.41) is 1.94. The molecule has 2 heteroatoms. The maximum Gasteiger partial charge on any atom is 0.0166 e. The average molecular weight is 232 g/mol. The van der Waals surface area contributed by atoms with Crippen LogP contribution in [0.4, 0.5) is 0 Å². The maximum absolute atomic E-state index is 2.30. The van der Waals surface area contributed by atoms with Crippen LogP contribution in [-0.4, -0.2) is 22.0 Å². The number of thioether (sulfide) groups is 2. The molecular weight excluding hydrogens is 208 g/mol. The first-order valence-corrected chi connectivity index (χ1v) is 8.21. The second kappa shape index (κ2) is 7.92. The van der Waals surface area contributed by atoms with Crippen LogP contribution in [0.5, 0.6) is 0 Å². The van der Waals surface area contributed by atoms with Gasteiger partial charge < -0.3 is 0 Å². The Morgan fingerprint density at radius 1 is 0.857 bits per heavy atom. The molecule has 0 heterocycles. The van der Waals surface area contributed by atoms with Crippen molar-refractivity contribution in [1.82, 2.24) is 0 Å². The van der Waals surface area contributed by atoms with E-state index in [2.05, 4.69) is 37.4 Å². The number of hydrogen-bond donors (Lipinski definition) is 0. The molecule has 0 N–H and O–H groups in total. The van der Waals surface area contributed by atoms with Crippen molar-refractivity contribution in [3.8, 4) is 0 Å². The first-order chi connectivity index (χ1) is 6.88. The molecule has 0 aliphatic heterocycles. The Morgan fingerprint density at radius 3 is 1.64 bits per heavy atom. The van der Waals surface area contributed by atoms with E-state index in [1.807, 2.05) is 0 Å². The third kappa shape index (κ3) is 4.48. The van der Waals surface area contributed by atoms with E-state index < -0.39 is 0 Å². The van der Waals surface area contributed by atoms with E-state index in [0.717, 1.165) is 10.5 Å². The summed E-state index contributed by atoms with van der Waals surface area (Å²) in [7, 11) is 0. The zero-order valence-corrected chi connectivity index (χ0v) is 11.3. The molecule has 0 bridgehead atoms. The van der Waals surface area contributed by atoms with E-state index in [9.17, 15) is 0 Å². The van der Waals surface area contributed by atoms with Crippen LogP contribution in [0, 0.1) is 0 Å². The van der Waals surface area contributed by atoms with E-state index in [1.54, 1.807) is 0 Å². The van der Waals surface area contributed by atoms with E-state index >= 15 is 0 Å². The van der Waals surface area contributed by atoms with Crippen molar-refractivity contribution in [3.63, 3.8) is 0 Å². The van der Waals surface area contributed by atoms with Crippen LogP contribution in [-0.2, 0) is 0 Å². The minimum absolute atomic E-state index is 0.972. The van der Waals surface area contributed by atoms with Crippen molar-refractivity contribution in [1.29, 1.82) is 0 Å². The Hall–Kier alpha value is 0.700. The summed E-state index contributed by atoms with van der Waals surface area (Å²) in [5.41, 5.74) is 0. The van der Waals surface area contributed by atoms with Crippen LogP contribution in [0.15, 0.2) is 0 Å². The van der Waals surface area contributed by atoms with E-state index in [4.69, 9.17) is 0 Å². The van der Waals surface area contributed by atoms with Crippen LogP contribution in [0.3, 0.4) is 0 Å². The molecule has 84 valence electrons. The molecular formula is C12H24S2. The summed E-state index contributed by atoms with van der Waals surface area (Å²) in [6.45, 7) is 4.59. The maximum atomic E-state index is 2.30. The van der Waals surface area contributed by atoms with Gasteiger partial charge in [0.1, 0.15) is 0 Å². The first-order valence-electron chi connectivity index (χ1n) is 6.11. The summed E-state index contributed by atoms with van der Waals surface area (Å²) in [6, 6.07) is 0. The normalized spacial score (nSPS) is 27.9. The number of rotatable bonds is 6. The van der Waals surface area contributed by atoms with Crippen LogP contribution in [0.2, 0.25) is 0 Å². The highest BCUT2D eigenvalue weighted by atomic mass is 32.2. The molecule has 2 atom stereocenters. The molecule has 1 saturated carbocycles. The van der Waals surface area contributed by atoms with Crippen LogP contribution >= 0.6 is 23.5 Å². The molecule has 1 rings (SSSR count). The standard InChI is InChI=1S/C12H24S2/c1-3-9-13-11-7-5-6-8-12(11)14-10-4-2/h11-12H,3-10H2,1-2H3. The van der Waals surface area contributed by atoms with Gasteiger partial charge in [0, 0.05) is 10.5 Å². The van der Waals surface area contributed by atoms with Crippen LogP contribution in [0.1, 0.15) is 52.4 Å². The molecule has 0 aromatic carbocycles. The van der Waals surface area contributed by atoms with Crippen LogP contribution in [0.25, 0.3) is 0 Å². The SMILES string of the molecule is CCCSC1CCCCC1SCCC. The van der Waals surface area contributed by atoms with Gasteiger partial charge in [-0.25, -0.2) is 0 Å². The summed E-state index contributed by atoms with van der Waals surface area (Å²) < 4.78 is 0. The zero-order chi connectivity index (χ0) is 10.2. The number of hydrogen-bond acceptors (Lipinski definition) is 2. The summed E-state index contributed by atoms with van der Waals surface area (Å²) in [5.74, 6) is 2.74. The Morgan fingerprint density at radius 2 is 1.29 bits per heavy atom. The van der Waals surface area contributed by atoms with Gasteiger partial charge in [0.25, 0.3) is 0 Å². The quantitative estimate of drug-likeness (QED) is 0.657. The van der Waals surface area contributed by atoms with Gasteiger partial charge in [0.15, 0.2) is 0 Å². The molecule has 1 fully saturated rings. The van der Waals surface area contributed by atoms with Gasteiger partial charge in [0.2, 0.25) is 0 Å². The van der Waals surface area contributed by atoms with Crippen molar-refractivity contribution in [2.75, 3.05) is 11.5 Å². The predicted molar refractivity (Wildman–Crippen MR) is 71.5 cm³/mol. The lowest BCUT2D eigenvalue weighted by Gasteiger charge is -2.30. The van der Waals surface area contributed by atoms with Crippen molar-refractivity contribution in [2.24, 2.45) is 0 Å². The smallest absolute Gasteiger partial charge is 0.0166 e. The molecule has 0 aromatic heterocycles. The molecule has 14 heavy (non-hydrogen) atoms. The summed E-state index contributed by atoms with van der Waals surface area (Å²) in [6.07, 6.45) is 8.59. The van der Waals surface area contributed by atoms with Crippen molar-refractivity contribution >= 4 is 23.5 Å². The molecule has 0 aromatic rings. The lowest BCUT2D eigenvalue weighted by molar-refractivity contribution is 0.527. The molecule has 0 saturated heterocycles. The Bertz CT molecular complexity index is 120. The van der Waals surface area contributed by atoms with Crippen molar-refractivity contribution < 1.29 is 0 Å². The van der Waals surface area contributed by atoms with E-state index in [-0.39, 0.29) is 0 Å². The van der Waals surface area contributed by atoms with Gasteiger partial charge in [-0.05, 0) is 37.2 Å². The third-order valence-corrected chi connectivity index (χ3v) is 6.16. The minimum Gasteiger partial charge on any atom is -0.157 e. The zero-order valence-electron chi connectivity index (χ0n) is 9.63. The molecule has 0 nitrogen and oxygen atoms in total. The highest BCUT2D eigenvalue weighted by Gasteiger charge is 2.24. The van der Waals surface area contributed by atoms with Gasteiger partial charge in [-0.15, -0.1) is 0 Å². The molecule has 1 aliphatic rings. The topological polar surface area (TPSA) is 0 Å². The van der Waals surface area contributed by atoms with Gasteiger partial charge in [-0.2, -0.15) is 23.5 Å². The minimum atomic E-state index is 0.972. The van der Waals surface area contributed by atoms with Crippen molar-refractivity contribution in [3.05, 3.63) is 0 Å². The Labute approximate surface area is 98.0 Å². The van der Waals surface area contributed by atoms with Gasteiger partial charge >= 0.3 is 0 Å². The second-order valence-electron chi connectivity index (χ2n) is 4.10. The first kappa shape index (κ1) is 12.8. The van der Waals surface area contributed by atoms with Gasteiger partial charge in [0.05, 0.1) is 0 Å². The largest absolute Gasteiger partial charge is 0.157 e. The highest BCUT2D eigenvalue weighted by Crippen LogP contribution is 2.36. The Balaban J connectivity index is 2.26. The average Bonchev–Trinajstić information content (AvgIpc) is 2.24. The summed E-state index contributed by atoms with van der Waals surface area (Å²) in [4.78, 5) is 0. The summed E-state index contributed by atoms with van der Waals surface area (Å²) >= 11 is 4.47. The third-order valence-electron chi connectivity index (χ3n) is 2.71. The molecule has 0 spiro atoms.